The summed E-state index contributed by atoms with van der Waals surface area (Å²) in [6.45, 7) is 9.99. The minimum atomic E-state index is -0.278. The number of aromatic nitrogens is 1. The van der Waals surface area contributed by atoms with Crippen molar-refractivity contribution in [3.63, 3.8) is 0 Å². The Balaban J connectivity index is 1.98. The Morgan fingerprint density at radius 1 is 1.26 bits per heavy atom. The zero-order valence-corrected chi connectivity index (χ0v) is 15.0. The number of hydrogen-bond donors (Lipinski definition) is 3. The number of carbonyl (C=O) groups excluding carboxylic acids is 1. The van der Waals surface area contributed by atoms with Crippen molar-refractivity contribution < 1.29 is 4.79 Å². The highest BCUT2D eigenvalue weighted by Gasteiger charge is 2.14. The van der Waals surface area contributed by atoms with Gasteiger partial charge in [0.25, 0.3) is 5.56 Å². The van der Waals surface area contributed by atoms with Crippen LogP contribution in [0.3, 0.4) is 0 Å². The molecule has 23 heavy (non-hydrogen) atoms. The quantitative estimate of drug-likeness (QED) is 0.803. The largest absolute Gasteiger partial charge is 0.334 e. The van der Waals surface area contributed by atoms with Gasteiger partial charge in [0.05, 0.1) is 12.6 Å². The van der Waals surface area contributed by atoms with Gasteiger partial charge >= 0.3 is 6.03 Å². The number of urea groups is 1. The van der Waals surface area contributed by atoms with Gasteiger partial charge in [0.15, 0.2) is 0 Å². The van der Waals surface area contributed by atoms with Gasteiger partial charge in [-0.05, 0) is 57.9 Å². The molecule has 124 valence electrons. The van der Waals surface area contributed by atoms with Gasteiger partial charge < -0.3 is 15.6 Å². The smallest absolute Gasteiger partial charge is 0.315 e. The van der Waals surface area contributed by atoms with Gasteiger partial charge in [-0.15, -0.1) is 11.3 Å². The fraction of sp³-hybridized carbons (Fsp3) is 0.412. The minimum Gasteiger partial charge on any atom is -0.334 e. The van der Waals surface area contributed by atoms with Crippen molar-refractivity contribution in [2.24, 2.45) is 0 Å². The monoisotopic (exact) mass is 333 g/mol. The average molecular weight is 333 g/mol. The van der Waals surface area contributed by atoms with Gasteiger partial charge in [0, 0.05) is 21.0 Å². The van der Waals surface area contributed by atoms with Gasteiger partial charge in [-0.3, -0.25) is 4.79 Å². The second kappa shape index (κ2) is 7.00. The number of carbonyl (C=O) groups is 1. The van der Waals surface area contributed by atoms with Crippen LogP contribution in [0.25, 0.3) is 0 Å². The number of rotatable bonds is 4. The van der Waals surface area contributed by atoms with E-state index in [1.54, 1.807) is 11.3 Å². The van der Waals surface area contributed by atoms with Crippen molar-refractivity contribution in [3.8, 4) is 0 Å². The summed E-state index contributed by atoms with van der Waals surface area (Å²) in [6.07, 6.45) is 0. The van der Waals surface area contributed by atoms with E-state index in [2.05, 4.69) is 35.5 Å². The molecule has 0 fully saturated rings. The Morgan fingerprint density at radius 3 is 2.52 bits per heavy atom. The zero-order chi connectivity index (χ0) is 17.1. The number of H-pyrrole nitrogens is 1. The minimum absolute atomic E-state index is 0.0719. The predicted octanol–water partition coefficient (Wildman–Crippen LogP) is 3.23. The van der Waals surface area contributed by atoms with E-state index in [4.69, 9.17) is 0 Å². The first-order valence-corrected chi connectivity index (χ1v) is 8.40. The number of thiophene rings is 1. The Labute approximate surface area is 140 Å². The molecule has 2 aromatic heterocycles. The van der Waals surface area contributed by atoms with E-state index in [1.807, 2.05) is 26.8 Å². The Morgan fingerprint density at radius 2 is 1.96 bits per heavy atom. The molecule has 0 aliphatic heterocycles. The van der Waals surface area contributed by atoms with Crippen LogP contribution in [0.15, 0.2) is 16.9 Å². The average Bonchev–Trinajstić information content (AvgIpc) is 2.76. The van der Waals surface area contributed by atoms with Gasteiger partial charge in [0.1, 0.15) is 0 Å². The molecule has 0 unspecified atom stereocenters. The molecule has 0 aromatic carbocycles. The summed E-state index contributed by atoms with van der Waals surface area (Å²) in [7, 11) is 0. The van der Waals surface area contributed by atoms with Gasteiger partial charge in [-0.2, -0.15) is 0 Å². The summed E-state index contributed by atoms with van der Waals surface area (Å²) >= 11 is 1.72. The highest BCUT2D eigenvalue weighted by Crippen LogP contribution is 2.25. The summed E-state index contributed by atoms with van der Waals surface area (Å²) in [5, 5.41) is 5.68. The van der Waals surface area contributed by atoms with Crippen molar-refractivity contribution in [3.05, 3.63) is 54.6 Å². The van der Waals surface area contributed by atoms with Crippen molar-refractivity contribution in [1.82, 2.24) is 15.6 Å². The van der Waals surface area contributed by atoms with Crippen LogP contribution in [0.4, 0.5) is 4.79 Å². The third-order valence-electron chi connectivity index (χ3n) is 3.81. The van der Waals surface area contributed by atoms with E-state index in [0.29, 0.717) is 5.56 Å². The van der Waals surface area contributed by atoms with Crippen LogP contribution < -0.4 is 16.2 Å². The van der Waals surface area contributed by atoms with Gasteiger partial charge in [-0.25, -0.2) is 4.79 Å². The van der Waals surface area contributed by atoms with Crippen LogP contribution in [0.2, 0.25) is 0 Å². The molecule has 0 saturated carbocycles. The molecule has 0 aliphatic carbocycles. The Hall–Kier alpha value is -2.08. The molecule has 2 rings (SSSR count). The van der Waals surface area contributed by atoms with Crippen LogP contribution in [0.5, 0.6) is 0 Å². The first-order chi connectivity index (χ1) is 10.8. The fourth-order valence-electron chi connectivity index (χ4n) is 2.68. The SMILES string of the molecule is Cc1cc(C)c(CNC(=O)N[C@H](C)c2cc(C)sc2C)c(=O)[nH]1. The van der Waals surface area contributed by atoms with Crippen LogP contribution in [-0.4, -0.2) is 11.0 Å². The first kappa shape index (κ1) is 17.3. The lowest BCUT2D eigenvalue weighted by atomic mass is 10.1. The number of pyridine rings is 1. The maximum atomic E-state index is 12.1. The Kier molecular flexibility index (Phi) is 5.26. The predicted molar refractivity (Wildman–Crippen MR) is 94.1 cm³/mol. The normalized spacial score (nSPS) is 12.0. The second-order valence-corrected chi connectivity index (χ2v) is 7.32. The zero-order valence-electron chi connectivity index (χ0n) is 14.2. The molecular weight excluding hydrogens is 310 g/mol. The molecule has 1 atom stereocenters. The lowest BCUT2D eigenvalue weighted by Gasteiger charge is -2.15. The molecule has 0 bridgehead atoms. The van der Waals surface area contributed by atoms with E-state index in [1.165, 1.54) is 9.75 Å². The number of hydrogen-bond acceptors (Lipinski definition) is 3. The van der Waals surface area contributed by atoms with Crippen molar-refractivity contribution in [2.45, 2.75) is 47.2 Å². The van der Waals surface area contributed by atoms with Crippen LogP contribution >= 0.6 is 11.3 Å². The van der Waals surface area contributed by atoms with Crippen molar-refractivity contribution >= 4 is 17.4 Å². The van der Waals surface area contributed by atoms with E-state index >= 15 is 0 Å². The summed E-state index contributed by atoms with van der Waals surface area (Å²) < 4.78 is 0. The number of aryl methyl sites for hydroxylation is 4. The molecule has 6 heteroatoms. The highest BCUT2D eigenvalue weighted by molar-refractivity contribution is 7.12. The third-order valence-corrected chi connectivity index (χ3v) is 4.79. The molecule has 0 radical (unpaired) electrons. The molecule has 0 spiro atoms. The Bertz CT molecular complexity index is 777. The molecule has 2 amide bonds. The molecule has 0 saturated heterocycles. The fourth-order valence-corrected chi connectivity index (χ4v) is 3.70. The molecule has 0 aliphatic rings. The molecule has 5 nitrogen and oxygen atoms in total. The molecule has 3 N–H and O–H groups in total. The molecule has 2 aromatic rings. The standard InChI is InChI=1S/C17H23N3O2S/c1-9-6-10(2)19-16(21)15(9)8-18-17(22)20-12(4)14-7-11(3)23-13(14)5/h6-7,12H,8H2,1-5H3,(H,19,21)(H2,18,20,22)/t12-/m1/s1. The van der Waals surface area contributed by atoms with E-state index < -0.39 is 0 Å². The number of aromatic amines is 1. The lowest BCUT2D eigenvalue weighted by Crippen LogP contribution is -2.38. The second-order valence-electron chi connectivity index (χ2n) is 5.86. The van der Waals surface area contributed by atoms with E-state index in [-0.39, 0.29) is 24.2 Å². The maximum absolute atomic E-state index is 12.1. The first-order valence-electron chi connectivity index (χ1n) is 7.58. The van der Waals surface area contributed by atoms with Gasteiger partial charge in [0.2, 0.25) is 0 Å². The van der Waals surface area contributed by atoms with Crippen LogP contribution in [-0.2, 0) is 6.54 Å². The molecule has 2 heterocycles. The number of nitrogens with one attached hydrogen (secondary N) is 3. The molecular formula is C17H23N3O2S. The number of amides is 2. The van der Waals surface area contributed by atoms with Gasteiger partial charge in [-0.1, -0.05) is 0 Å². The topological polar surface area (TPSA) is 74.0 Å². The van der Waals surface area contributed by atoms with E-state index in [0.717, 1.165) is 16.8 Å². The summed E-state index contributed by atoms with van der Waals surface area (Å²) in [5.74, 6) is 0. The van der Waals surface area contributed by atoms with Crippen LogP contribution in [0, 0.1) is 27.7 Å². The summed E-state index contributed by atoms with van der Waals surface area (Å²) in [5.41, 5.74) is 3.26. The third kappa shape index (κ3) is 4.22. The maximum Gasteiger partial charge on any atom is 0.315 e. The van der Waals surface area contributed by atoms with Crippen molar-refractivity contribution in [2.75, 3.05) is 0 Å². The van der Waals surface area contributed by atoms with E-state index in [9.17, 15) is 9.59 Å². The summed E-state index contributed by atoms with van der Waals surface area (Å²) in [4.78, 5) is 29.2. The highest BCUT2D eigenvalue weighted by atomic mass is 32.1. The summed E-state index contributed by atoms with van der Waals surface area (Å²) in [6, 6.07) is 3.65. The van der Waals surface area contributed by atoms with Crippen molar-refractivity contribution in [1.29, 1.82) is 0 Å². The van der Waals surface area contributed by atoms with Crippen LogP contribution in [0.1, 0.15) is 45.1 Å². The lowest BCUT2D eigenvalue weighted by molar-refractivity contribution is 0.237.